The Balaban J connectivity index is 2.00. The van der Waals surface area contributed by atoms with Crippen LogP contribution < -0.4 is 9.47 Å². The minimum Gasteiger partial charge on any atom is -0.490 e. The van der Waals surface area contributed by atoms with E-state index < -0.39 is 4.92 Å². The number of hydrogen-bond donors (Lipinski definition) is 0. The van der Waals surface area contributed by atoms with Crippen molar-refractivity contribution in [3.63, 3.8) is 0 Å². The van der Waals surface area contributed by atoms with E-state index in [1.807, 2.05) is 0 Å². The number of rotatable bonds is 47. The molecule has 1 aromatic rings. The van der Waals surface area contributed by atoms with Crippen molar-refractivity contribution in [2.75, 3.05) is 79.3 Å². The summed E-state index contributed by atoms with van der Waals surface area (Å²) in [7, 11) is 0. The van der Waals surface area contributed by atoms with E-state index in [4.69, 9.17) is 37.9 Å². The Bertz CT molecular complexity index is 1170. The Kier molecular flexibility index (Phi) is 40.1. The quantitative estimate of drug-likeness (QED) is 0.0265. The van der Waals surface area contributed by atoms with Crippen molar-refractivity contribution < 1.29 is 52.4 Å². The Labute approximate surface area is 369 Å². The second-order valence-electron chi connectivity index (χ2n) is 15.8. The van der Waals surface area contributed by atoms with E-state index in [1.165, 1.54) is 50.7 Å². The molecule has 0 fully saturated rings. The van der Waals surface area contributed by atoms with E-state index in [-0.39, 0.29) is 24.2 Å². The van der Waals surface area contributed by atoms with Crippen molar-refractivity contribution >= 4 is 17.6 Å². The van der Waals surface area contributed by atoms with E-state index in [2.05, 4.69) is 13.8 Å². The van der Waals surface area contributed by atoms with Crippen LogP contribution in [0.4, 0.5) is 5.69 Å². The number of ether oxygens (including phenoxy) is 8. The molecule has 0 aliphatic rings. The topological polar surface area (TPSA) is 151 Å². The minimum atomic E-state index is -0.415. The molecule has 0 spiro atoms. The average molecular weight is 868 g/mol. The highest BCUT2D eigenvalue weighted by atomic mass is 16.6. The van der Waals surface area contributed by atoms with E-state index >= 15 is 0 Å². The van der Waals surface area contributed by atoms with E-state index in [1.54, 1.807) is 6.07 Å². The lowest BCUT2D eigenvalue weighted by atomic mass is 10.1. The van der Waals surface area contributed by atoms with Crippen LogP contribution in [0.1, 0.15) is 181 Å². The van der Waals surface area contributed by atoms with Crippen molar-refractivity contribution in [3.8, 4) is 11.5 Å². The van der Waals surface area contributed by atoms with Gasteiger partial charge in [0.1, 0.15) is 13.2 Å². The van der Waals surface area contributed by atoms with E-state index in [0.29, 0.717) is 83.8 Å². The van der Waals surface area contributed by atoms with Gasteiger partial charge < -0.3 is 37.9 Å². The SMILES string of the molecule is CCCCCCOCCOCCOC(=O)CCCCCCCCCCOc1ccc([N+](=O)[O-])cc1OCCCCCCCCCCC(=O)OCCOCCOCCCCCC. The van der Waals surface area contributed by atoms with Gasteiger partial charge in [0, 0.05) is 32.1 Å². The summed E-state index contributed by atoms with van der Waals surface area (Å²) in [4.78, 5) is 34.9. The van der Waals surface area contributed by atoms with Crippen molar-refractivity contribution in [1.82, 2.24) is 0 Å². The second-order valence-corrected chi connectivity index (χ2v) is 15.8. The fourth-order valence-electron chi connectivity index (χ4n) is 6.55. The van der Waals surface area contributed by atoms with Crippen molar-refractivity contribution in [3.05, 3.63) is 28.3 Å². The standard InChI is InChI=1S/C48H85NO12/c1-3-5-7-23-31-54-35-37-56-39-41-60-47(50)27-21-17-13-9-11-15-19-25-33-58-45-30-29-44(49(52)53)43-46(45)59-34-26-20-16-12-10-14-18-22-28-48(51)61-42-40-57-38-36-55-32-24-8-6-4-2/h29-30,43H,3-28,31-42H2,1-2H3. The summed E-state index contributed by atoms with van der Waals surface area (Å²) < 4.78 is 44.5. The van der Waals surface area contributed by atoms with Crippen molar-refractivity contribution in [2.24, 2.45) is 0 Å². The lowest BCUT2D eigenvalue weighted by molar-refractivity contribution is -0.385. The molecular formula is C48H85NO12. The Morgan fingerprint density at radius 2 is 0.770 bits per heavy atom. The highest BCUT2D eigenvalue weighted by Gasteiger charge is 2.13. The molecule has 0 aliphatic heterocycles. The van der Waals surface area contributed by atoms with Crippen LogP contribution >= 0.6 is 0 Å². The number of nitrogens with zero attached hydrogens (tertiary/aromatic N) is 1. The van der Waals surface area contributed by atoms with Gasteiger partial charge in [0.25, 0.3) is 5.69 Å². The second kappa shape index (κ2) is 43.6. The molecule has 0 atom stereocenters. The smallest absolute Gasteiger partial charge is 0.305 e. The number of carbonyl (C=O) groups is 2. The van der Waals surface area contributed by atoms with Crippen LogP contribution in [0.25, 0.3) is 0 Å². The Hall–Kier alpha value is -3.00. The first-order valence-corrected chi connectivity index (χ1v) is 24.1. The van der Waals surface area contributed by atoms with Gasteiger partial charge in [-0.05, 0) is 44.6 Å². The molecule has 13 heteroatoms. The third-order valence-corrected chi connectivity index (χ3v) is 10.2. The van der Waals surface area contributed by atoms with Gasteiger partial charge in [0.15, 0.2) is 11.5 Å². The number of nitro groups is 1. The van der Waals surface area contributed by atoms with Gasteiger partial charge >= 0.3 is 11.9 Å². The maximum Gasteiger partial charge on any atom is 0.305 e. The predicted molar refractivity (Wildman–Crippen MR) is 241 cm³/mol. The summed E-state index contributed by atoms with van der Waals surface area (Å²) in [5, 5.41) is 11.4. The highest BCUT2D eigenvalue weighted by Crippen LogP contribution is 2.32. The molecule has 0 amide bonds. The molecule has 0 saturated carbocycles. The number of benzene rings is 1. The first-order valence-electron chi connectivity index (χ1n) is 24.1. The van der Waals surface area contributed by atoms with Gasteiger partial charge in [-0.15, -0.1) is 0 Å². The van der Waals surface area contributed by atoms with Gasteiger partial charge in [0.05, 0.1) is 63.8 Å². The molecule has 0 unspecified atom stereocenters. The summed E-state index contributed by atoms with van der Waals surface area (Å²) in [6, 6.07) is 4.54. The summed E-state index contributed by atoms with van der Waals surface area (Å²) in [6.45, 7) is 10.5. The zero-order chi connectivity index (χ0) is 44.1. The van der Waals surface area contributed by atoms with Crippen LogP contribution in [-0.4, -0.2) is 96.1 Å². The lowest BCUT2D eigenvalue weighted by Gasteiger charge is -2.13. The Morgan fingerprint density at radius 1 is 0.426 bits per heavy atom. The molecule has 1 rings (SSSR count). The van der Waals surface area contributed by atoms with Crippen LogP contribution in [0.15, 0.2) is 18.2 Å². The monoisotopic (exact) mass is 868 g/mol. The minimum absolute atomic E-state index is 0.0130. The molecule has 354 valence electrons. The molecule has 0 heterocycles. The maximum atomic E-state index is 12.0. The van der Waals surface area contributed by atoms with Crippen molar-refractivity contribution in [1.29, 1.82) is 0 Å². The number of esters is 2. The molecule has 0 aliphatic carbocycles. The number of non-ortho nitro benzene ring substituents is 1. The van der Waals surface area contributed by atoms with E-state index in [9.17, 15) is 19.7 Å². The molecular weight excluding hydrogens is 783 g/mol. The zero-order valence-electron chi connectivity index (χ0n) is 38.4. The van der Waals surface area contributed by atoms with Gasteiger partial charge in [-0.25, -0.2) is 0 Å². The summed E-state index contributed by atoms with van der Waals surface area (Å²) in [5.41, 5.74) is -0.0130. The predicted octanol–water partition coefficient (Wildman–Crippen LogP) is 11.7. The van der Waals surface area contributed by atoms with Gasteiger partial charge in [-0.3, -0.25) is 19.7 Å². The van der Waals surface area contributed by atoms with Gasteiger partial charge in [-0.2, -0.15) is 0 Å². The zero-order valence-corrected chi connectivity index (χ0v) is 38.4. The van der Waals surface area contributed by atoms with Gasteiger partial charge in [0.2, 0.25) is 0 Å². The number of hydrogen-bond acceptors (Lipinski definition) is 12. The van der Waals surface area contributed by atoms with Crippen LogP contribution in [0.3, 0.4) is 0 Å². The molecule has 0 N–H and O–H groups in total. The van der Waals surface area contributed by atoms with Crippen LogP contribution in [0.5, 0.6) is 11.5 Å². The molecule has 13 nitrogen and oxygen atoms in total. The number of nitro benzene ring substituents is 1. The molecule has 1 aromatic carbocycles. The average Bonchev–Trinajstić information content (AvgIpc) is 3.25. The van der Waals surface area contributed by atoms with E-state index in [0.717, 1.165) is 129 Å². The van der Waals surface area contributed by atoms with Crippen LogP contribution in [0, 0.1) is 10.1 Å². The van der Waals surface area contributed by atoms with Gasteiger partial charge in [-0.1, -0.05) is 129 Å². The third kappa shape index (κ3) is 37.3. The maximum absolute atomic E-state index is 12.0. The molecule has 0 saturated heterocycles. The fourth-order valence-corrected chi connectivity index (χ4v) is 6.55. The largest absolute Gasteiger partial charge is 0.490 e. The van der Waals surface area contributed by atoms with Crippen LogP contribution in [0.2, 0.25) is 0 Å². The lowest BCUT2D eigenvalue weighted by Crippen LogP contribution is -2.13. The first-order chi connectivity index (χ1) is 30.0. The Morgan fingerprint density at radius 3 is 1.20 bits per heavy atom. The number of carbonyl (C=O) groups excluding carboxylic acids is 2. The molecule has 0 bridgehead atoms. The fraction of sp³-hybridized carbons (Fsp3) is 0.833. The summed E-state index contributed by atoms with van der Waals surface area (Å²) >= 11 is 0. The molecule has 61 heavy (non-hydrogen) atoms. The summed E-state index contributed by atoms with van der Waals surface area (Å²) in [5.74, 6) is 0.641. The molecule has 0 aromatic heterocycles. The van der Waals surface area contributed by atoms with Crippen LogP contribution in [-0.2, 0) is 38.0 Å². The van der Waals surface area contributed by atoms with Crippen molar-refractivity contribution in [2.45, 2.75) is 181 Å². The normalized spacial score (nSPS) is 11.2. The highest BCUT2D eigenvalue weighted by molar-refractivity contribution is 5.69. The molecule has 0 radical (unpaired) electrons. The first kappa shape index (κ1) is 56.0. The number of unbranched alkanes of at least 4 members (excludes halogenated alkanes) is 20. The third-order valence-electron chi connectivity index (χ3n) is 10.2. The summed E-state index contributed by atoms with van der Waals surface area (Å²) in [6.07, 6.45) is 26.9.